The standard InChI is InChI=1S/C24H27N7O5S/c1-16-14-25-22(26-15-16)21(35-3)17(2)37(33,34)30-24-29-28-23(31(24)18-8-5-4-6-9-18)19-10-7-11-20(27-19)36-13-12-32/h4-11,14-15,17,21,32H,12-13H2,1-3H3,(H,29,30)/t17-,21-/m0/s1. The summed E-state index contributed by atoms with van der Waals surface area (Å²) in [5.74, 6) is 0.790. The van der Waals surface area contributed by atoms with Crippen molar-refractivity contribution < 1.29 is 23.0 Å². The molecule has 0 fully saturated rings. The van der Waals surface area contributed by atoms with Gasteiger partial charge in [-0.25, -0.2) is 23.4 Å². The van der Waals surface area contributed by atoms with Gasteiger partial charge in [0, 0.05) is 25.6 Å². The van der Waals surface area contributed by atoms with Gasteiger partial charge in [-0.15, -0.1) is 10.2 Å². The van der Waals surface area contributed by atoms with Crippen LogP contribution in [-0.4, -0.2) is 68.8 Å². The van der Waals surface area contributed by atoms with E-state index >= 15 is 0 Å². The lowest BCUT2D eigenvalue weighted by Gasteiger charge is -2.22. The summed E-state index contributed by atoms with van der Waals surface area (Å²) in [7, 11) is -2.65. The van der Waals surface area contributed by atoms with Crippen molar-refractivity contribution in [2.75, 3.05) is 25.0 Å². The summed E-state index contributed by atoms with van der Waals surface area (Å²) < 4.78 is 41.9. The maximum Gasteiger partial charge on any atom is 0.243 e. The van der Waals surface area contributed by atoms with Crippen LogP contribution in [0.4, 0.5) is 5.95 Å². The number of aliphatic hydroxyl groups excluding tert-OH is 1. The maximum atomic E-state index is 13.5. The van der Waals surface area contributed by atoms with E-state index in [1.165, 1.54) is 14.0 Å². The zero-order chi connectivity index (χ0) is 26.4. The molecule has 0 aliphatic carbocycles. The minimum absolute atomic E-state index is 0.0313. The zero-order valence-electron chi connectivity index (χ0n) is 20.5. The van der Waals surface area contributed by atoms with Gasteiger partial charge in [0.2, 0.25) is 21.9 Å². The second kappa shape index (κ2) is 11.4. The first-order chi connectivity index (χ1) is 17.8. The number of pyridine rings is 1. The number of rotatable bonds is 11. The van der Waals surface area contributed by atoms with Crippen molar-refractivity contribution in [2.45, 2.75) is 25.2 Å². The molecule has 2 N–H and O–H groups in total. The van der Waals surface area contributed by atoms with Crippen molar-refractivity contribution in [3.05, 3.63) is 72.3 Å². The van der Waals surface area contributed by atoms with E-state index in [1.807, 2.05) is 25.1 Å². The second-order valence-electron chi connectivity index (χ2n) is 8.08. The molecule has 3 heterocycles. The van der Waals surface area contributed by atoms with Crippen LogP contribution < -0.4 is 9.46 Å². The number of nitrogens with one attached hydrogen (secondary N) is 1. The van der Waals surface area contributed by atoms with Crippen molar-refractivity contribution in [3.63, 3.8) is 0 Å². The molecule has 0 radical (unpaired) electrons. The number of sulfonamides is 1. The number of aliphatic hydroxyl groups is 1. The van der Waals surface area contributed by atoms with Gasteiger partial charge < -0.3 is 14.6 Å². The van der Waals surface area contributed by atoms with Gasteiger partial charge in [-0.2, -0.15) is 0 Å². The van der Waals surface area contributed by atoms with Crippen LogP contribution in [0.5, 0.6) is 5.88 Å². The number of ether oxygens (including phenoxy) is 2. The minimum atomic E-state index is -4.05. The van der Waals surface area contributed by atoms with E-state index < -0.39 is 21.4 Å². The van der Waals surface area contributed by atoms with Crippen molar-refractivity contribution in [1.82, 2.24) is 29.7 Å². The summed E-state index contributed by atoms with van der Waals surface area (Å²) in [6.45, 7) is 3.26. The first-order valence-electron chi connectivity index (χ1n) is 11.4. The van der Waals surface area contributed by atoms with E-state index in [0.29, 0.717) is 11.4 Å². The Hall–Kier alpha value is -3.94. The van der Waals surface area contributed by atoms with Gasteiger partial charge in [0.25, 0.3) is 0 Å². The topological polar surface area (TPSA) is 154 Å². The molecule has 4 rings (SSSR count). The quantitative estimate of drug-likeness (QED) is 0.298. The molecular formula is C24H27N7O5S. The molecule has 1 aromatic carbocycles. The van der Waals surface area contributed by atoms with Gasteiger partial charge >= 0.3 is 0 Å². The number of para-hydroxylation sites is 1. The largest absolute Gasteiger partial charge is 0.475 e. The number of hydrogen-bond acceptors (Lipinski definition) is 10. The van der Waals surface area contributed by atoms with Crippen LogP contribution in [-0.2, 0) is 14.8 Å². The molecule has 0 unspecified atom stereocenters. The second-order valence-corrected chi connectivity index (χ2v) is 10.1. The fourth-order valence-corrected chi connectivity index (χ4v) is 4.68. The molecule has 4 aromatic rings. The monoisotopic (exact) mass is 525 g/mol. The SMILES string of the molecule is CO[C@H](c1ncc(C)cn1)[C@H](C)S(=O)(=O)Nc1nnc(-c2cccc(OCCO)n2)n1-c1ccccc1. The van der Waals surface area contributed by atoms with Crippen molar-refractivity contribution >= 4 is 16.0 Å². The lowest BCUT2D eigenvalue weighted by molar-refractivity contribution is 0.0949. The summed E-state index contributed by atoms with van der Waals surface area (Å²) in [5.41, 5.74) is 1.85. The molecular weight excluding hydrogens is 498 g/mol. The fraction of sp³-hybridized carbons (Fsp3) is 0.292. The van der Waals surface area contributed by atoms with E-state index in [0.717, 1.165) is 5.56 Å². The zero-order valence-corrected chi connectivity index (χ0v) is 21.3. The molecule has 0 bridgehead atoms. The fourth-order valence-electron chi connectivity index (χ4n) is 3.55. The maximum absolute atomic E-state index is 13.5. The Morgan fingerprint density at radius 1 is 1.05 bits per heavy atom. The summed E-state index contributed by atoms with van der Waals surface area (Å²) >= 11 is 0. The molecule has 0 saturated heterocycles. The van der Waals surface area contributed by atoms with Crippen LogP contribution in [0.15, 0.2) is 60.9 Å². The smallest absolute Gasteiger partial charge is 0.243 e. The van der Waals surface area contributed by atoms with E-state index in [2.05, 4.69) is 29.9 Å². The number of nitrogens with zero attached hydrogens (tertiary/aromatic N) is 6. The molecule has 13 heteroatoms. The molecule has 37 heavy (non-hydrogen) atoms. The number of benzene rings is 1. The predicted octanol–water partition coefficient (Wildman–Crippen LogP) is 2.32. The van der Waals surface area contributed by atoms with Crippen molar-refractivity contribution in [2.24, 2.45) is 0 Å². The number of anilines is 1. The highest BCUT2D eigenvalue weighted by molar-refractivity contribution is 7.93. The molecule has 3 aromatic heterocycles. The molecule has 2 atom stereocenters. The van der Waals surface area contributed by atoms with E-state index in [1.54, 1.807) is 47.3 Å². The van der Waals surface area contributed by atoms with Crippen LogP contribution in [0.1, 0.15) is 24.4 Å². The van der Waals surface area contributed by atoms with Crippen molar-refractivity contribution in [1.29, 1.82) is 0 Å². The highest BCUT2D eigenvalue weighted by atomic mass is 32.2. The summed E-state index contributed by atoms with van der Waals surface area (Å²) in [5, 5.41) is 16.3. The molecule has 194 valence electrons. The molecule has 12 nitrogen and oxygen atoms in total. The summed E-state index contributed by atoms with van der Waals surface area (Å²) in [6.07, 6.45) is 2.28. The Kier molecular flexibility index (Phi) is 8.06. The summed E-state index contributed by atoms with van der Waals surface area (Å²) in [6, 6.07) is 14.1. The van der Waals surface area contributed by atoms with Gasteiger partial charge in [-0.3, -0.25) is 9.29 Å². The van der Waals surface area contributed by atoms with Crippen LogP contribution >= 0.6 is 0 Å². The lowest BCUT2D eigenvalue weighted by atomic mass is 10.2. The highest BCUT2D eigenvalue weighted by Crippen LogP contribution is 2.28. The third-order valence-corrected chi connectivity index (χ3v) is 7.12. The van der Waals surface area contributed by atoms with Crippen LogP contribution in [0.2, 0.25) is 0 Å². The van der Waals surface area contributed by atoms with Crippen LogP contribution in [0, 0.1) is 6.92 Å². The molecule has 0 spiro atoms. The Balaban J connectivity index is 1.72. The Labute approximate surface area is 214 Å². The summed E-state index contributed by atoms with van der Waals surface area (Å²) in [4.78, 5) is 12.9. The molecule has 0 aliphatic rings. The number of aryl methyl sites for hydroxylation is 1. The lowest BCUT2D eigenvalue weighted by Crippen LogP contribution is -2.33. The average Bonchev–Trinajstić information content (AvgIpc) is 3.32. The van der Waals surface area contributed by atoms with Gasteiger partial charge in [0.1, 0.15) is 23.7 Å². The Bertz CT molecular complexity index is 1430. The van der Waals surface area contributed by atoms with Gasteiger partial charge in [0.05, 0.1) is 12.3 Å². The number of hydrogen-bond donors (Lipinski definition) is 2. The van der Waals surface area contributed by atoms with E-state index in [4.69, 9.17) is 14.6 Å². The van der Waals surface area contributed by atoms with Gasteiger partial charge in [0.15, 0.2) is 11.6 Å². The predicted molar refractivity (Wildman–Crippen MR) is 136 cm³/mol. The van der Waals surface area contributed by atoms with Crippen LogP contribution in [0.25, 0.3) is 17.2 Å². The van der Waals surface area contributed by atoms with Crippen molar-refractivity contribution in [3.8, 4) is 23.1 Å². The Morgan fingerprint density at radius 3 is 2.46 bits per heavy atom. The van der Waals surface area contributed by atoms with Gasteiger partial charge in [-0.1, -0.05) is 24.3 Å². The molecule has 0 amide bonds. The third kappa shape index (κ3) is 5.90. The van der Waals surface area contributed by atoms with Crippen LogP contribution in [0.3, 0.4) is 0 Å². The molecule has 0 saturated carbocycles. The minimum Gasteiger partial charge on any atom is -0.475 e. The normalized spacial score (nSPS) is 13.2. The van der Waals surface area contributed by atoms with Gasteiger partial charge in [-0.05, 0) is 37.6 Å². The number of methoxy groups -OCH3 is 1. The van der Waals surface area contributed by atoms with E-state index in [-0.39, 0.29) is 36.7 Å². The highest BCUT2D eigenvalue weighted by Gasteiger charge is 2.34. The van der Waals surface area contributed by atoms with E-state index in [9.17, 15) is 8.42 Å². The number of aromatic nitrogens is 6. The molecule has 0 aliphatic heterocycles. The first-order valence-corrected chi connectivity index (χ1v) is 12.9. The Morgan fingerprint density at radius 2 is 1.78 bits per heavy atom. The first kappa shape index (κ1) is 26.1. The third-order valence-electron chi connectivity index (χ3n) is 5.43. The average molecular weight is 526 g/mol.